The van der Waals surface area contributed by atoms with Crippen LogP contribution in [0.3, 0.4) is 0 Å². The number of benzene rings is 2. The van der Waals surface area contributed by atoms with Gasteiger partial charge in [0.1, 0.15) is 5.75 Å². The molecule has 4 N–H and O–H groups in total. The highest BCUT2D eigenvalue weighted by Crippen LogP contribution is 2.24. The second-order valence-electron chi connectivity index (χ2n) is 4.81. The van der Waals surface area contributed by atoms with Crippen molar-refractivity contribution in [2.45, 2.75) is 11.8 Å². The number of amides is 2. The molecule has 2 aromatic rings. The highest BCUT2D eigenvalue weighted by Gasteiger charge is 2.17. The Morgan fingerprint density at radius 2 is 1.83 bits per heavy atom. The molecule has 0 heterocycles. The van der Waals surface area contributed by atoms with E-state index in [2.05, 4.69) is 10.0 Å². The fourth-order valence-electron chi connectivity index (χ4n) is 2.06. The molecule has 7 nitrogen and oxygen atoms in total. The molecule has 0 saturated heterocycles. The summed E-state index contributed by atoms with van der Waals surface area (Å²) in [5.41, 5.74) is 6.30. The summed E-state index contributed by atoms with van der Waals surface area (Å²) in [7, 11) is -2.25. The van der Waals surface area contributed by atoms with Crippen LogP contribution in [0.4, 0.5) is 16.2 Å². The van der Waals surface area contributed by atoms with E-state index in [4.69, 9.17) is 10.5 Å². The van der Waals surface area contributed by atoms with Crippen molar-refractivity contribution in [3.63, 3.8) is 0 Å². The summed E-state index contributed by atoms with van der Waals surface area (Å²) in [4.78, 5) is 11.0. The molecule has 0 aliphatic carbocycles. The molecule has 0 bridgehead atoms. The lowest BCUT2D eigenvalue weighted by Crippen LogP contribution is -2.19. The summed E-state index contributed by atoms with van der Waals surface area (Å²) in [6.07, 6.45) is 0. The van der Waals surface area contributed by atoms with E-state index in [1.807, 2.05) is 0 Å². The summed E-state index contributed by atoms with van der Waals surface area (Å²) in [5, 5.41) is 2.38. The number of urea groups is 1. The molecule has 2 aromatic carbocycles. The molecule has 0 fully saturated rings. The van der Waals surface area contributed by atoms with Gasteiger partial charge in [0.25, 0.3) is 10.0 Å². The van der Waals surface area contributed by atoms with Crippen LogP contribution in [0.5, 0.6) is 5.75 Å². The molecule has 2 amide bonds. The van der Waals surface area contributed by atoms with Crippen LogP contribution in [0.1, 0.15) is 5.56 Å². The largest absolute Gasteiger partial charge is 0.497 e. The maximum absolute atomic E-state index is 12.5. The van der Waals surface area contributed by atoms with E-state index in [-0.39, 0.29) is 4.90 Å². The van der Waals surface area contributed by atoms with Gasteiger partial charge in [0.05, 0.1) is 17.7 Å². The first-order chi connectivity index (χ1) is 10.8. The van der Waals surface area contributed by atoms with Gasteiger partial charge in [-0.25, -0.2) is 13.2 Å². The summed E-state index contributed by atoms with van der Waals surface area (Å²) in [6, 6.07) is 10.2. The summed E-state index contributed by atoms with van der Waals surface area (Å²) >= 11 is 0. The van der Waals surface area contributed by atoms with Crippen LogP contribution in [0.25, 0.3) is 0 Å². The van der Waals surface area contributed by atoms with Crippen molar-refractivity contribution in [3.8, 4) is 5.75 Å². The number of methoxy groups -OCH3 is 1. The first-order valence-electron chi connectivity index (χ1n) is 6.66. The number of sulfonamides is 1. The second-order valence-corrected chi connectivity index (χ2v) is 6.46. The number of nitrogens with one attached hydrogen (secondary N) is 2. The first-order valence-corrected chi connectivity index (χ1v) is 8.14. The van der Waals surface area contributed by atoms with Crippen LogP contribution in [0.2, 0.25) is 0 Å². The lowest BCUT2D eigenvalue weighted by Gasteiger charge is -2.12. The van der Waals surface area contributed by atoms with Crippen molar-refractivity contribution < 1.29 is 17.9 Å². The van der Waals surface area contributed by atoms with E-state index < -0.39 is 16.1 Å². The van der Waals surface area contributed by atoms with E-state index in [1.54, 1.807) is 37.3 Å². The standard InChI is InChI=1S/C15H17N3O4S/c1-10-8-13(22-2)6-7-14(10)23(20,21)18-12-5-3-4-11(9-12)17-15(16)19/h3-9,18H,1-2H3,(H3,16,17,19). The van der Waals surface area contributed by atoms with Gasteiger partial charge in [-0.3, -0.25) is 4.72 Å². The van der Waals surface area contributed by atoms with Gasteiger partial charge < -0.3 is 15.8 Å². The number of hydrogen-bond donors (Lipinski definition) is 3. The number of nitrogens with two attached hydrogens (primary N) is 1. The summed E-state index contributed by atoms with van der Waals surface area (Å²) < 4.78 is 32.5. The SMILES string of the molecule is COc1ccc(S(=O)(=O)Nc2cccc(NC(N)=O)c2)c(C)c1. The molecule has 0 unspecified atom stereocenters. The van der Waals surface area contributed by atoms with Gasteiger partial charge >= 0.3 is 6.03 Å². The van der Waals surface area contributed by atoms with Crippen LogP contribution in [0.15, 0.2) is 47.4 Å². The topological polar surface area (TPSA) is 111 Å². The van der Waals surface area contributed by atoms with E-state index in [1.165, 1.54) is 19.2 Å². The minimum atomic E-state index is -3.76. The van der Waals surface area contributed by atoms with Crippen LogP contribution < -0.4 is 20.5 Å². The first kappa shape index (κ1) is 16.6. The molecule has 0 saturated carbocycles. The quantitative estimate of drug-likeness (QED) is 0.778. The van der Waals surface area contributed by atoms with E-state index in [0.29, 0.717) is 22.7 Å². The molecular formula is C15H17N3O4S. The van der Waals surface area contributed by atoms with Crippen LogP contribution in [-0.4, -0.2) is 21.6 Å². The third kappa shape index (κ3) is 4.13. The maximum atomic E-state index is 12.5. The van der Waals surface area contributed by atoms with E-state index in [9.17, 15) is 13.2 Å². The zero-order chi connectivity index (χ0) is 17.0. The lowest BCUT2D eigenvalue weighted by atomic mass is 10.2. The fourth-order valence-corrected chi connectivity index (χ4v) is 3.34. The van der Waals surface area contributed by atoms with Gasteiger partial charge in [0, 0.05) is 5.69 Å². The summed E-state index contributed by atoms with van der Waals surface area (Å²) in [6.45, 7) is 1.68. The summed E-state index contributed by atoms with van der Waals surface area (Å²) in [5.74, 6) is 0.578. The molecule has 0 aliphatic heterocycles. The predicted octanol–water partition coefficient (Wildman–Crippen LogP) is 2.30. The van der Waals surface area contributed by atoms with Crippen molar-refractivity contribution >= 4 is 27.4 Å². The zero-order valence-corrected chi connectivity index (χ0v) is 13.5. The molecule has 0 aromatic heterocycles. The van der Waals surface area contributed by atoms with Crippen molar-refractivity contribution in [1.29, 1.82) is 0 Å². The number of ether oxygens (including phenoxy) is 1. The number of carbonyl (C=O) groups is 1. The number of anilines is 2. The van der Waals surface area contributed by atoms with Crippen LogP contribution >= 0.6 is 0 Å². The number of carbonyl (C=O) groups excluding carboxylic acids is 1. The number of primary amides is 1. The Morgan fingerprint density at radius 3 is 2.43 bits per heavy atom. The predicted molar refractivity (Wildman–Crippen MR) is 88.2 cm³/mol. The third-order valence-electron chi connectivity index (χ3n) is 3.05. The van der Waals surface area contributed by atoms with Crippen molar-refractivity contribution in [2.75, 3.05) is 17.1 Å². The normalized spacial score (nSPS) is 10.9. The smallest absolute Gasteiger partial charge is 0.316 e. The molecule has 0 atom stereocenters. The number of aryl methyl sites for hydroxylation is 1. The minimum Gasteiger partial charge on any atom is -0.497 e. The molecule has 8 heteroatoms. The molecule has 0 spiro atoms. The van der Waals surface area contributed by atoms with Gasteiger partial charge in [-0.15, -0.1) is 0 Å². The fraction of sp³-hybridized carbons (Fsp3) is 0.133. The van der Waals surface area contributed by atoms with Crippen molar-refractivity contribution in [3.05, 3.63) is 48.0 Å². The lowest BCUT2D eigenvalue weighted by molar-refractivity contribution is 0.259. The van der Waals surface area contributed by atoms with Gasteiger partial charge in [0.2, 0.25) is 0 Å². The molecule has 2 rings (SSSR count). The Balaban J connectivity index is 2.29. The molecule has 0 radical (unpaired) electrons. The molecule has 23 heavy (non-hydrogen) atoms. The monoisotopic (exact) mass is 335 g/mol. The van der Waals surface area contributed by atoms with Gasteiger partial charge in [-0.2, -0.15) is 0 Å². The molecular weight excluding hydrogens is 318 g/mol. The maximum Gasteiger partial charge on any atom is 0.316 e. The average Bonchev–Trinajstić information content (AvgIpc) is 2.45. The van der Waals surface area contributed by atoms with E-state index in [0.717, 1.165) is 0 Å². The average molecular weight is 335 g/mol. The second kappa shape index (κ2) is 6.57. The van der Waals surface area contributed by atoms with Crippen molar-refractivity contribution in [1.82, 2.24) is 0 Å². The number of rotatable bonds is 5. The van der Waals surface area contributed by atoms with Gasteiger partial charge in [-0.1, -0.05) is 6.07 Å². The highest BCUT2D eigenvalue weighted by molar-refractivity contribution is 7.92. The Bertz CT molecular complexity index is 834. The third-order valence-corrected chi connectivity index (χ3v) is 4.60. The Labute approximate surface area is 134 Å². The Kier molecular flexibility index (Phi) is 4.75. The molecule has 122 valence electrons. The number of hydrogen-bond acceptors (Lipinski definition) is 4. The van der Waals surface area contributed by atoms with Crippen LogP contribution in [0, 0.1) is 6.92 Å². The van der Waals surface area contributed by atoms with E-state index >= 15 is 0 Å². The van der Waals surface area contributed by atoms with Gasteiger partial charge in [-0.05, 0) is 48.9 Å². The van der Waals surface area contributed by atoms with Crippen LogP contribution in [-0.2, 0) is 10.0 Å². The Hall–Kier alpha value is -2.74. The van der Waals surface area contributed by atoms with Gasteiger partial charge in [0.15, 0.2) is 0 Å². The minimum absolute atomic E-state index is 0.145. The van der Waals surface area contributed by atoms with Crippen molar-refractivity contribution in [2.24, 2.45) is 5.73 Å². The zero-order valence-electron chi connectivity index (χ0n) is 12.7. The molecule has 0 aliphatic rings. The highest BCUT2D eigenvalue weighted by atomic mass is 32.2. The Morgan fingerprint density at radius 1 is 1.13 bits per heavy atom.